The fourth-order valence-electron chi connectivity index (χ4n) is 3.02. The molecule has 1 saturated carbocycles. The molecule has 2 aromatic rings. The molecule has 0 saturated heterocycles. The Balaban J connectivity index is 1.41. The average molecular weight is 411 g/mol. The Kier molecular flexibility index (Phi) is 7.76. The van der Waals surface area contributed by atoms with Crippen molar-refractivity contribution in [2.45, 2.75) is 67.5 Å². The van der Waals surface area contributed by atoms with Crippen LogP contribution < -0.4 is 10.6 Å². The van der Waals surface area contributed by atoms with Crippen molar-refractivity contribution in [3.63, 3.8) is 0 Å². The van der Waals surface area contributed by atoms with E-state index in [0.29, 0.717) is 6.04 Å². The first-order valence-corrected chi connectivity index (χ1v) is 11.8. The largest absolute Gasteiger partial charge is 0.360 e. The molecule has 1 fully saturated rings. The summed E-state index contributed by atoms with van der Waals surface area (Å²) in [7, 11) is 0. The third kappa shape index (κ3) is 6.25. The van der Waals surface area contributed by atoms with Gasteiger partial charge in [0, 0.05) is 17.5 Å². The number of rotatable bonds is 8. The molecule has 0 aromatic carbocycles. The van der Waals surface area contributed by atoms with Crippen molar-refractivity contribution >= 4 is 45.5 Å². The Morgan fingerprint density at radius 1 is 1.31 bits per heavy atom. The van der Waals surface area contributed by atoms with Crippen molar-refractivity contribution in [2.24, 2.45) is 0 Å². The lowest BCUT2D eigenvalue weighted by molar-refractivity contribution is -0.121. The fraction of sp³-hybridized carbons (Fsp3) is 0.611. The van der Waals surface area contributed by atoms with Gasteiger partial charge >= 0.3 is 0 Å². The maximum Gasteiger partial charge on any atom is 0.233 e. The van der Waals surface area contributed by atoms with Crippen LogP contribution in [-0.4, -0.2) is 33.9 Å². The Morgan fingerprint density at radius 2 is 2.12 bits per heavy atom. The summed E-state index contributed by atoms with van der Waals surface area (Å²) < 4.78 is 0.840. The van der Waals surface area contributed by atoms with Crippen LogP contribution in [0.15, 0.2) is 21.9 Å². The molecule has 0 aliphatic heterocycles. The molecule has 8 heteroatoms. The van der Waals surface area contributed by atoms with Crippen molar-refractivity contribution in [3.05, 3.63) is 22.4 Å². The quantitative estimate of drug-likeness (QED) is 0.493. The van der Waals surface area contributed by atoms with Gasteiger partial charge in [-0.1, -0.05) is 54.8 Å². The van der Waals surface area contributed by atoms with Gasteiger partial charge in [-0.2, -0.15) is 0 Å². The summed E-state index contributed by atoms with van der Waals surface area (Å²) in [4.78, 5) is 13.8. The molecule has 3 rings (SSSR count). The number of aromatic nitrogens is 2. The zero-order valence-corrected chi connectivity index (χ0v) is 17.5. The normalized spacial score (nSPS) is 16.8. The van der Waals surface area contributed by atoms with E-state index < -0.39 is 0 Å². The molecule has 1 amide bonds. The summed E-state index contributed by atoms with van der Waals surface area (Å²) in [6.45, 7) is 2.79. The van der Waals surface area contributed by atoms with E-state index in [4.69, 9.17) is 0 Å². The topological polar surface area (TPSA) is 66.9 Å². The van der Waals surface area contributed by atoms with Gasteiger partial charge in [-0.25, -0.2) is 0 Å². The van der Waals surface area contributed by atoms with Gasteiger partial charge in [-0.05, 0) is 37.6 Å². The lowest BCUT2D eigenvalue weighted by Crippen LogP contribution is -2.39. The minimum absolute atomic E-state index is 0.115. The van der Waals surface area contributed by atoms with Gasteiger partial charge in [0.25, 0.3) is 0 Å². The number of nitrogens with zero attached hydrogens (tertiary/aromatic N) is 2. The summed E-state index contributed by atoms with van der Waals surface area (Å²) >= 11 is 4.78. The fourth-order valence-corrected chi connectivity index (χ4v) is 5.66. The molecule has 1 aliphatic rings. The first-order valence-electron chi connectivity index (χ1n) is 9.27. The molecule has 0 unspecified atom stereocenters. The molecular formula is C18H26N4OS3. The van der Waals surface area contributed by atoms with Gasteiger partial charge in [-0.3, -0.25) is 4.79 Å². The number of anilines is 1. The Hall–Kier alpha value is -1.12. The van der Waals surface area contributed by atoms with Gasteiger partial charge < -0.3 is 10.6 Å². The number of carbonyl (C=O) groups is 1. The standard InChI is InChI=1S/C18H26N4OS3/c1-13(16(23)20-14-7-4-2-3-5-8-14)25-18-22-21-17(26-18)19-11-10-15-9-6-12-24-15/h6,9,12-14H,2-5,7-8,10-11H2,1H3,(H,19,21)(H,20,23)/t13-/m0/s1. The summed E-state index contributed by atoms with van der Waals surface area (Å²) in [5.74, 6) is 0.115. The smallest absolute Gasteiger partial charge is 0.233 e. The Labute approximate surface area is 167 Å². The van der Waals surface area contributed by atoms with E-state index in [-0.39, 0.29) is 11.2 Å². The van der Waals surface area contributed by atoms with E-state index in [0.717, 1.165) is 35.3 Å². The maximum atomic E-state index is 12.4. The molecule has 2 N–H and O–H groups in total. The van der Waals surface area contributed by atoms with Crippen molar-refractivity contribution in [2.75, 3.05) is 11.9 Å². The minimum Gasteiger partial charge on any atom is -0.360 e. The first-order chi connectivity index (χ1) is 12.7. The van der Waals surface area contributed by atoms with Crippen LogP contribution in [0.2, 0.25) is 0 Å². The molecular weight excluding hydrogens is 384 g/mol. The molecule has 2 heterocycles. The van der Waals surface area contributed by atoms with E-state index in [1.165, 1.54) is 53.7 Å². The molecule has 2 aromatic heterocycles. The molecule has 1 atom stereocenters. The van der Waals surface area contributed by atoms with E-state index >= 15 is 0 Å². The van der Waals surface area contributed by atoms with Gasteiger partial charge in [-0.15, -0.1) is 21.5 Å². The summed E-state index contributed by atoms with van der Waals surface area (Å²) in [6.07, 6.45) is 8.25. The summed E-state index contributed by atoms with van der Waals surface area (Å²) in [5.41, 5.74) is 0. The van der Waals surface area contributed by atoms with E-state index in [2.05, 4.69) is 38.3 Å². The highest BCUT2D eigenvalue weighted by Crippen LogP contribution is 2.29. The third-order valence-corrected chi connectivity index (χ3v) is 7.48. The zero-order valence-electron chi connectivity index (χ0n) is 15.1. The molecule has 0 bridgehead atoms. The van der Waals surface area contributed by atoms with E-state index in [9.17, 15) is 4.79 Å². The number of carbonyl (C=O) groups excluding carboxylic acids is 1. The van der Waals surface area contributed by atoms with Gasteiger partial charge in [0.15, 0.2) is 4.34 Å². The second kappa shape index (κ2) is 10.3. The number of hydrogen-bond donors (Lipinski definition) is 2. The molecule has 1 aliphatic carbocycles. The first kappa shape index (κ1) is 19.6. The van der Waals surface area contributed by atoms with Crippen LogP contribution in [0.1, 0.15) is 50.3 Å². The Bertz CT molecular complexity index is 666. The molecule has 0 radical (unpaired) electrons. The van der Waals surface area contributed by atoms with Gasteiger partial charge in [0.1, 0.15) is 0 Å². The monoisotopic (exact) mass is 410 g/mol. The summed E-state index contributed by atoms with van der Waals surface area (Å²) in [5, 5.41) is 17.7. The van der Waals surface area contributed by atoms with Crippen LogP contribution >= 0.6 is 34.4 Å². The molecule has 5 nitrogen and oxygen atoms in total. The number of hydrogen-bond acceptors (Lipinski definition) is 7. The highest BCUT2D eigenvalue weighted by Gasteiger charge is 2.21. The van der Waals surface area contributed by atoms with Crippen LogP contribution in [0, 0.1) is 0 Å². The maximum absolute atomic E-state index is 12.4. The third-order valence-electron chi connectivity index (χ3n) is 4.48. The van der Waals surface area contributed by atoms with Crippen molar-refractivity contribution in [3.8, 4) is 0 Å². The molecule has 26 heavy (non-hydrogen) atoms. The lowest BCUT2D eigenvalue weighted by Gasteiger charge is -2.18. The Morgan fingerprint density at radius 3 is 2.85 bits per heavy atom. The number of nitrogens with one attached hydrogen (secondary N) is 2. The van der Waals surface area contributed by atoms with Crippen LogP contribution in [-0.2, 0) is 11.2 Å². The van der Waals surface area contributed by atoms with Gasteiger partial charge in [0.05, 0.1) is 5.25 Å². The molecule has 142 valence electrons. The predicted octanol–water partition coefficient (Wildman–Crippen LogP) is 4.57. The van der Waals surface area contributed by atoms with Crippen molar-refractivity contribution in [1.29, 1.82) is 0 Å². The second-order valence-electron chi connectivity index (χ2n) is 6.59. The van der Waals surface area contributed by atoms with E-state index in [1.807, 2.05) is 6.92 Å². The zero-order chi connectivity index (χ0) is 18.2. The summed E-state index contributed by atoms with van der Waals surface area (Å²) in [6, 6.07) is 4.56. The highest BCUT2D eigenvalue weighted by atomic mass is 32.2. The van der Waals surface area contributed by atoms with Crippen LogP contribution in [0.25, 0.3) is 0 Å². The lowest BCUT2D eigenvalue weighted by atomic mass is 10.1. The van der Waals surface area contributed by atoms with Crippen LogP contribution in [0.5, 0.6) is 0 Å². The van der Waals surface area contributed by atoms with Crippen molar-refractivity contribution in [1.82, 2.24) is 15.5 Å². The van der Waals surface area contributed by atoms with Crippen molar-refractivity contribution < 1.29 is 4.79 Å². The van der Waals surface area contributed by atoms with E-state index in [1.54, 1.807) is 11.3 Å². The number of amides is 1. The minimum atomic E-state index is -0.148. The highest BCUT2D eigenvalue weighted by molar-refractivity contribution is 8.02. The number of thioether (sulfide) groups is 1. The number of thiophene rings is 1. The average Bonchev–Trinajstić information content (AvgIpc) is 3.23. The second-order valence-corrected chi connectivity index (χ2v) is 10.2. The SMILES string of the molecule is C[C@H](Sc1nnc(NCCc2cccs2)s1)C(=O)NC1CCCCCC1. The predicted molar refractivity (Wildman–Crippen MR) is 111 cm³/mol. The van der Waals surface area contributed by atoms with Crippen LogP contribution in [0.4, 0.5) is 5.13 Å². The molecule has 0 spiro atoms. The van der Waals surface area contributed by atoms with Crippen LogP contribution in [0.3, 0.4) is 0 Å². The van der Waals surface area contributed by atoms with Gasteiger partial charge in [0.2, 0.25) is 11.0 Å².